The summed E-state index contributed by atoms with van der Waals surface area (Å²) in [5.74, 6) is 0.787. The Balaban J connectivity index is 1.18. The fourth-order valence-corrected chi connectivity index (χ4v) is 5.46. The standard InChI is InChI=1S/C21H20ClN3O4S/c1-30(27,28)18-6-12(4-5-23-18)19(26)24-15-10-21(11-15)8-13(9-21)20-25-16-7-14(22)2-3-17(16)29-20/h2-7,13,15H,8-11H2,1H3,(H,24,26)/t13-,15-,21?. The van der Waals surface area contributed by atoms with Gasteiger partial charge in [-0.3, -0.25) is 4.79 Å². The number of oxazole rings is 1. The molecular formula is C21H20ClN3O4S. The monoisotopic (exact) mass is 445 g/mol. The van der Waals surface area contributed by atoms with Crippen LogP contribution < -0.4 is 5.32 Å². The second kappa shape index (κ2) is 6.78. The molecule has 2 aromatic heterocycles. The first kappa shape index (κ1) is 19.5. The van der Waals surface area contributed by atoms with E-state index in [1.54, 1.807) is 6.07 Å². The number of carbonyl (C=O) groups is 1. The minimum atomic E-state index is -3.45. The van der Waals surface area contributed by atoms with E-state index < -0.39 is 9.84 Å². The average Bonchev–Trinajstić information content (AvgIpc) is 3.04. The third-order valence-electron chi connectivity index (χ3n) is 6.15. The summed E-state index contributed by atoms with van der Waals surface area (Å²) in [6.45, 7) is 0. The maximum absolute atomic E-state index is 12.5. The Bertz CT molecular complexity index is 1260. The van der Waals surface area contributed by atoms with Crippen molar-refractivity contribution in [1.29, 1.82) is 0 Å². The number of nitrogens with one attached hydrogen (secondary N) is 1. The van der Waals surface area contributed by atoms with E-state index in [1.807, 2.05) is 12.1 Å². The van der Waals surface area contributed by atoms with Gasteiger partial charge in [0.1, 0.15) is 5.52 Å². The van der Waals surface area contributed by atoms with Crippen LogP contribution in [-0.4, -0.2) is 36.6 Å². The summed E-state index contributed by atoms with van der Waals surface area (Å²) < 4.78 is 29.2. The van der Waals surface area contributed by atoms with Gasteiger partial charge in [0.15, 0.2) is 26.3 Å². The van der Waals surface area contributed by atoms with Crippen molar-refractivity contribution in [2.24, 2.45) is 5.41 Å². The van der Waals surface area contributed by atoms with Crippen LogP contribution in [0.25, 0.3) is 11.1 Å². The van der Waals surface area contributed by atoms with Crippen LogP contribution in [0.3, 0.4) is 0 Å². The minimum absolute atomic E-state index is 0.0933. The van der Waals surface area contributed by atoms with E-state index in [0.29, 0.717) is 16.5 Å². The molecule has 0 bridgehead atoms. The third kappa shape index (κ3) is 3.48. The van der Waals surface area contributed by atoms with Gasteiger partial charge in [-0.25, -0.2) is 18.4 Å². The van der Waals surface area contributed by atoms with Crippen molar-refractivity contribution >= 4 is 38.4 Å². The topological polar surface area (TPSA) is 102 Å². The maximum Gasteiger partial charge on any atom is 0.251 e. The number of carbonyl (C=O) groups excluding carboxylic acids is 1. The lowest BCUT2D eigenvalue weighted by molar-refractivity contribution is -0.0253. The van der Waals surface area contributed by atoms with Gasteiger partial charge in [0.2, 0.25) is 0 Å². The van der Waals surface area contributed by atoms with Crippen LogP contribution in [0.4, 0.5) is 0 Å². The number of aromatic nitrogens is 2. The fourth-order valence-electron chi connectivity index (χ4n) is 4.70. The zero-order valence-corrected chi connectivity index (χ0v) is 17.8. The minimum Gasteiger partial charge on any atom is -0.440 e. The summed E-state index contributed by atoms with van der Waals surface area (Å²) in [6, 6.07) is 8.38. The Morgan fingerprint density at radius 2 is 1.97 bits per heavy atom. The van der Waals surface area contributed by atoms with E-state index in [-0.39, 0.29) is 22.4 Å². The Labute approximate surface area is 178 Å². The largest absolute Gasteiger partial charge is 0.440 e. The van der Waals surface area contributed by atoms with E-state index in [9.17, 15) is 13.2 Å². The molecule has 7 nitrogen and oxygen atoms in total. The smallest absolute Gasteiger partial charge is 0.251 e. The second-order valence-corrected chi connectivity index (χ2v) is 10.9. The van der Waals surface area contributed by atoms with Crippen molar-refractivity contribution in [3.8, 4) is 0 Å². The fraction of sp³-hybridized carbons (Fsp3) is 0.381. The number of halogens is 1. The third-order valence-corrected chi connectivity index (χ3v) is 7.36. The van der Waals surface area contributed by atoms with Gasteiger partial charge in [-0.2, -0.15) is 0 Å². The predicted octanol–water partition coefficient (Wildman–Crippen LogP) is 3.74. The number of benzene rings is 1. The zero-order valence-electron chi connectivity index (χ0n) is 16.3. The summed E-state index contributed by atoms with van der Waals surface area (Å²) in [6.07, 6.45) is 6.22. The first-order chi connectivity index (χ1) is 14.2. The SMILES string of the molecule is CS(=O)(=O)c1cc(C(=O)N[C@H]2CC3(C2)C[C@H](c2nc4cc(Cl)ccc4o2)C3)ccn1. The van der Waals surface area contributed by atoms with Crippen LogP contribution in [0.1, 0.15) is 47.8 Å². The van der Waals surface area contributed by atoms with E-state index in [2.05, 4.69) is 15.3 Å². The van der Waals surface area contributed by atoms with Crippen molar-refractivity contribution in [2.45, 2.75) is 42.7 Å². The molecule has 1 N–H and O–H groups in total. The molecule has 9 heteroatoms. The zero-order chi connectivity index (χ0) is 21.1. The number of sulfone groups is 1. The molecule has 3 aromatic rings. The Morgan fingerprint density at radius 3 is 2.70 bits per heavy atom. The highest BCUT2D eigenvalue weighted by Crippen LogP contribution is 2.61. The van der Waals surface area contributed by atoms with E-state index in [0.717, 1.165) is 48.9 Å². The van der Waals surface area contributed by atoms with Crippen LogP contribution in [0.5, 0.6) is 0 Å². The van der Waals surface area contributed by atoms with Crippen molar-refractivity contribution in [2.75, 3.05) is 6.26 Å². The number of pyridine rings is 1. The van der Waals surface area contributed by atoms with Gasteiger partial charge in [-0.05, 0) is 61.4 Å². The average molecular weight is 446 g/mol. The molecule has 2 aliphatic rings. The molecule has 0 saturated heterocycles. The van der Waals surface area contributed by atoms with E-state index in [4.69, 9.17) is 16.0 Å². The molecular weight excluding hydrogens is 426 g/mol. The maximum atomic E-state index is 12.5. The highest BCUT2D eigenvalue weighted by Gasteiger charge is 2.54. The van der Waals surface area contributed by atoms with Crippen molar-refractivity contribution in [3.05, 3.63) is 53.0 Å². The number of amides is 1. The Morgan fingerprint density at radius 1 is 1.20 bits per heavy atom. The van der Waals surface area contributed by atoms with Crippen molar-refractivity contribution < 1.29 is 17.6 Å². The van der Waals surface area contributed by atoms with Crippen LogP contribution in [0.2, 0.25) is 5.02 Å². The molecule has 2 fully saturated rings. The van der Waals surface area contributed by atoms with Gasteiger partial charge in [-0.1, -0.05) is 11.6 Å². The quantitative estimate of drug-likeness (QED) is 0.656. The Hall–Kier alpha value is -2.45. The molecule has 2 heterocycles. The van der Waals surface area contributed by atoms with Gasteiger partial charge in [0, 0.05) is 35.0 Å². The van der Waals surface area contributed by atoms with Crippen LogP contribution >= 0.6 is 11.6 Å². The van der Waals surface area contributed by atoms with Crippen LogP contribution in [0, 0.1) is 5.41 Å². The first-order valence-corrected chi connectivity index (χ1v) is 12.0. The van der Waals surface area contributed by atoms with E-state index >= 15 is 0 Å². The van der Waals surface area contributed by atoms with Gasteiger partial charge in [-0.15, -0.1) is 0 Å². The van der Waals surface area contributed by atoms with Gasteiger partial charge in [0.25, 0.3) is 5.91 Å². The summed E-state index contributed by atoms with van der Waals surface area (Å²) in [4.78, 5) is 20.9. The summed E-state index contributed by atoms with van der Waals surface area (Å²) in [5.41, 5.74) is 2.07. The molecule has 0 unspecified atom stereocenters. The number of rotatable bonds is 4. The second-order valence-electron chi connectivity index (χ2n) is 8.50. The highest BCUT2D eigenvalue weighted by atomic mass is 35.5. The number of hydrogen-bond donors (Lipinski definition) is 1. The lowest BCUT2D eigenvalue weighted by Gasteiger charge is -2.57. The molecule has 1 spiro atoms. The molecule has 156 valence electrons. The lowest BCUT2D eigenvalue weighted by atomic mass is 9.50. The van der Waals surface area contributed by atoms with Gasteiger partial charge in [0.05, 0.1) is 0 Å². The molecule has 1 aromatic carbocycles. The highest BCUT2D eigenvalue weighted by molar-refractivity contribution is 7.90. The lowest BCUT2D eigenvalue weighted by Crippen LogP contribution is -2.55. The molecule has 2 saturated carbocycles. The van der Waals surface area contributed by atoms with Gasteiger partial charge >= 0.3 is 0 Å². The molecule has 0 aliphatic heterocycles. The molecule has 0 radical (unpaired) electrons. The van der Waals surface area contributed by atoms with E-state index in [1.165, 1.54) is 18.3 Å². The van der Waals surface area contributed by atoms with Gasteiger partial charge < -0.3 is 9.73 Å². The number of nitrogens with zero attached hydrogens (tertiary/aromatic N) is 2. The summed E-state index contributed by atoms with van der Waals surface area (Å²) in [5, 5.41) is 3.55. The first-order valence-electron chi connectivity index (χ1n) is 9.74. The molecule has 1 amide bonds. The van der Waals surface area contributed by atoms with Crippen LogP contribution in [-0.2, 0) is 9.84 Å². The predicted molar refractivity (Wildman–Crippen MR) is 111 cm³/mol. The molecule has 5 rings (SSSR count). The summed E-state index contributed by atoms with van der Waals surface area (Å²) in [7, 11) is -3.45. The molecule has 30 heavy (non-hydrogen) atoms. The van der Waals surface area contributed by atoms with Crippen LogP contribution in [0.15, 0.2) is 46.0 Å². The molecule has 2 aliphatic carbocycles. The molecule has 0 atom stereocenters. The number of hydrogen-bond acceptors (Lipinski definition) is 6. The normalized spacial score (nSPS) is 25.7. The van der Waals surface area contributed by atoms with Crippen molar-refractivity contribution in [1.82, 2.24) is 15.3 Å². The van der Waals surface area contributed by atoms with Crippen molar-refractivity contribution in [3.63, 3.8) is 0 Å². The summed E-state index contributed by atoms with van der Waals surface area (Å²) >= 11 is 6.02. The number of fused-ring (bicyclic) bond motifs is 1. The Kier molecular flexibility index (Phi) is 4.41.